The number of rotatable bonds is 2. The largest absolute Gasteiger partial charge is 0.493 e. The van der Waals surface area contributed by atoms with Gasteiger partial charge in [0.1, 0.15) is 5.75 Å². The molecule has 74 valence electrons. The van der Waals surface area contributed by atoms with Gasteiger partial charge in [0, 0.05) is 12.0 Å². The number of ether oxygens (including phenoxy) is 1. The summed E-state index contributed by atoms with van der Waals surface area (Å²) in [7, 11) is 0. The standard InChI is InChI=1S/C11H12O3/c1-7-8(6-11(12)13)2-3-10-9(7)4-5-14-10/h2-3H,4-6H2,1H3,(H,12,13). The number of fused-ring (bicyclic) bond motifs is 1. The Bertz CT molecular complexity index is 382. The van der Waals surface area contributed by atoms with Gasteiger partial charge in [-0.2, -0.15) is 0 Å². The number of benzene rings is 1. The average molecular weight is 192 g/mol. The summed E-state index contributed by atoms with van der Waals surface area (Å²) < 4.78 is 5.39. The van der Waals surface area contributed by atoms with E-state index in [1.807, 2.05) is 19.1 Å². The molecule has 0 unspecified atom stereocenters. The first-order valence-corrected chi connectivity index (χ1v) is 4.64. The lowest BCUT2D eigenvalue weighted by molar-refractivity contribution is -0.136. The van der Waals surface area contributed by atoms with E-state index in [4.69, 9.17) is 9.84 Å². The van der Waals surface area contributed by atoms with Gasteiger partial charge in [0.25, 0.3) is 0 Å². The van der Waals surface area contributed by atoms with Gasteiger partial charge in [0.05, 0.1) is 13.0 Å². The molecule has 2 rings (SSSR count). The Kier molecular flexibility index (Phi) is 2.15. The Morgan fingerprint density at radius 3 is 3.07 bits per heavy atom. The summed E-state index contributed by atoms with van der Waals surface area (Å²) in [5, 5.41) is 8.71. The van der Waals surface area contributed by atoms with Gasteiger partial charge in [-0.1, -0.05) is 6.07 Å². The summed E-state index contributed by atoms with van der Waals surface area (Å²) >= 11 is 0. The van der Waals surface area contributed by atoms with Crippen LogP contribution in [0.5, 0.6) is 5.75 Å². The second-order valence-corrected chi connectivity index (χ2v) is 3.50. The number of hydrogen-bond donors (Lipinski definition) is 1. The first-order valence-electron chi connectivity index (χ1n) is 4.64. The van der Waals surface area contributed by atoms with Crippen LogP contribution in [-0.4, -0.2) is 17.7 Å². The normalized spacial score (nSPS) is 13.5. The molecule has 0 radical (unpaired) electrons. The van der Waals surface area contributed by atoms with Gasteiger partial charge in [-0.15, -0.1) is 0 Å². The lowest BCUT2D eigenvalue weighted by Gasteiger charge is -2.07. The Morgan fingerprint density at radius 2 is 2.36 bits per heavy atom. The zero-order valence-corrected chi connectivity index (χ0v) is 8.04. The fraction of sp³-hybridized carbons (Fsp3) is 0.364. The summed E-state index contributed by atoms with van der Waals surface area (Å²) in [5.74, 6) is 0.128. The predicted octanol–water partition coefficient (Wildman–Crippen LogP) is 1.56. The van der Waals surface area contributed by atoms with Gasteiger partial charge in [-0.05, 0) is 24.1 Å². The molecule has 1 aromatic rings. The third kappa shape index (κ3) is 1.45. The highest BCUT2D eigenvalue weighted by Crippen LogP contribution is 2.30. The van der Waals surface area contributed by atoms with Crippen LogP contribution in [-0.2, 0) is 17.6 Å². The first-order chi connectivity index (χ1) is 6.68. The van der Waals surface area contributed by atoms with Crippen molar-refractivity contribution in [2.45, 2.75) is 19.8 Å². The zero-order valence-electron chi connectivity index (χ0n) is 8.04. The Labute approximate surface area is 82.3 Å². The molecule has 0 aromatic heterocycles. The summed E-state index contributed by atoms with van der Waals surface area (Å²) in [6, 6.07) is 3.71. The molecule has 0 spiro atoms. The highest BCUT2D eigenvalue weighted by atomic mass is 16.5. The van der Waals surface area contributed by atoms with Crippen LogP contribution in [0.25, 0.3) is 0 Å². The van der Waals surface area contributed by atoms with Crippen LogP contribution in [0, 0.1) is 6.92 Å². The van der Waals surface area contributed by atoms with Crippen molar-refractivity contribution >= 4 is 5.97 Å². The molecule has 1 heterocycles. The maximum absolute atomic E-state index is 10.6. The molecule has 0 bridgehead atoms. The minimum Gasteiger partial charge on any atom is -0.493 e. The van der Waals surface area contributed by atoms with Crippen molar-refractivity contribution in [3.63, 3.8) is 0 Å². The highest BCUT2D eigenvalue weighted by Gasteiger charge is 2.17. The van der Waals surface area contributed by atoms with E-state index >= 15 is 0 Å². The molecule has 0 aliphatic carbocycles. The Balaban J connectivity index is 2.39. The maximum Gasteiger partial charge on any atom is 0.307 e. The van der Waals surface area contributed by atoms with E-state index in [0.717, 1.165) is 23.3 Å². The molecule has 0 saturated heterocycles. The van der Waals surface area contributed by atoms with E-state index < -0.39 is 5.97 Å². The van der Waals surface area contributed by atoms with Crippen LogP contribution in [0.4, 0.5) is 0 Å². The SMILES string of the molecule is Cc1c(CC(=O)O)ccc2c1CCO2. The van der Waals surface area contributed by atoms with Crippen LogP contribution in [0.3, 0.4) is 0 Å². The molecular weight excluding hydrogens is 180 g/mol. The van der Waals surface area contributed by atoms with Crippen molar-refractivity contribution < 1.29 is 14.6 Å². The van der Waals surface area contributed by atoms with Crippen molar-refractivity contribution in [2.75, 3.05) is 6.61 Å². The van der Waals surface area contributed by atoms with Crippen LogP contribution >= 0.6 is 0 Å². The van der Waals surface area contributed by atoms with E-state index in [0.29, 0.717) is 6.61 Å². The van der Waals surface area contributed by atoms with Crippen molar-refractivity contribution in [1.82, 2.24) is 0 Å². The zero-order chi connectivity index (χ0) is 10.1. The summed E-state index contributed by atoms with van der Waals surface area (Å²) in [5.41, 5.74) is 3.13. The molecule has 1 aromatic carbocycles. The van der Waals surface area contributed by atoms with E-state index in [-0.39, 0.29) is 6.42 Å². The van der Waals surface area contributed by atoms with Crippen molar-refractivity contribution in [1.29, 1.82) is 0 Å². The van der Waals surface area contributed by atoms with Gasteiger partial charge >= 0.3 is 5.97 Å². The third-order valence-corrected chi connectivity index (χ3v) is 2.62. The topological polar surface area (TPSA) is 46.5 Å². The quantitative estimate of drug-likeness (QED) is 0.773. The minimum absolute atomic E-state index is 0.0963. The average Bonchev–Trinajstić information content (AvgIpc) is 2.57. The molecule has 0 saturated carbocycles. The molecular formula is C11H12O3. The maximum atomic E-state index is 10.6. The molecule has 0 atom stereocenters. The minimum atomic E-state index is -0.785. The van der Waals surface area contributed by atoms with Crippen molar-refractivity contribution in [3.8, 4) is 5.75 Å². The van der Waals surface area contributed by atoms with Gasteiger partial charge in [-0.25, -0.2) is 0 Å². The summed E-state index contributed by atoms with van der Waals surface area (Å²) in [6.07, 6.45) is 0.994. The lowest BCUT2D eigenvalue weighted by atomic mass is 9.98. The van der Waals surface area contributed by atoms with E-state index in [1.165, 1.54) is 5.56 Å². The molecule has 3 nitrogen and oxygen atoms in total. The second-order valence-electron chi connectivity index (χ2n) is 3.50. The van der Waals surface area contributed by atoms with Crippen LogP contribution in [0.15, 0.2) is 12.1 Å². The fourth-order valence-corrected chi connectivity index (χ4v) is 1.84. The van der Waals surface area contributed by atoms with Crippen LogP contribution < -0.4 is 4.74 Å². The van der Waals surface area contributed by atoms with Crippen molar-refractivity contribution in [2.24, 2.45) is 0 Å². The molecule has 1 N–H and O–H groups in total. The fourth-order valence-electron chi connectivity index (χ4n) is 1.84. The van der Waals surface area contributed by atoms with Gasteiger partial charge in [-0.3, -0.25) is 4.79 Å². The van der Waals surface area contributed by atoms with E-state index in [1.54, 1.807) is 0 Å². The van der Waals surface area contributed by atoms with Gasteiger partial charge in [0.2, 0.25) is 0 Å². The Hall–Kier alpha value is -1.51. The summed E-state index contributed by atoms with van der Waals surface area (Å²) in [4.78, 5) is 10.6. The number of aliphatic carboxylic acids is 1. The molecule has 1 aliphatic heterocycles. The number of carboxylic acid groups (broad SMARTS) is 1. The monoisotopic (exact) mass is 192 g/mol. The molecule has 14 heavy (non-hydrogen) atoms. The predicted molar refractivity (Wildman–Crippen MR) is 51.7 cm³/mol. The first kappa shape index (κ1) is 9.06. The molecule has 1 aliphatic rings. The third-order valence-electron chi connectivity index (χ3n) is 2.62. The van der Waals surface area contributed by atoms with E-state index in [2.05, 4.69) is 0 Å². The number of carboxylic acids is 1. The Morgan fingerprint density at radius 1 is 1.57 bits per heavy atom. The smallest absolute Gasteiger partial charge is 0.307 e. The molecule has 0 fully saturated rings. The molecule has 3 heteroatoms. The second kappa shape index (κ2) is 3.33. The lowest BCUT2D eigenvalue weighted by Crippen LogP contribution is -2.03. The van der Waals surface area contributed by atoms with Crippen LogP contribution in [0.2, 0.25) is 0 Å². The van der Waals surface area contributed by atoms with Crippen molar-refractivity contribution in [3.05, 3.63) is 28.8 Å². The number of carbonyl (C=O) groups is 1. The summed E-state index contributed by atoms with van der Waals surface area (Å²) in [6.45, 7) is 2.68. The number of hydrogen-bond acceptors (Lipinski definition) is 2. The highest BCUT2D eigenvalue weighted by molar-refractivity contribution is 5.71. The van der Waals surface area contributed by atoms with E-state index in [9.17, 15) is 4.79 Å². The van der Waals surface area contributed by atoms with Gasteiger partial charge in [0.15, 0.2) is 0 Å². The van der Waals surface area contributed by atoms with Gasteiger partial charge < -0.3 is 9.84 Å². The van der Waals surface area contributed by atoms with Crippen LogP contribution in [0.1, 0.15) is 16.7 Å². The molecule has 0 amide bonds.